The van der Waals surface area contributed by atoms with Crippen molar-refractivity contribution in [3.8, 4) is 0 Å². The average Bonchev–Trinajstić information content (AvgIpc) is 2.27. The van der Waals surface area contributed by atoms with Crippen molar-refractivity contribution < 1.29 is 0 Å². The summed E-state index contributed by atoms with van der Waals surface area (Å²) in [5.74, 6) is 1.29. The lowest BCUT2D eigenvalue weighted by molar-refractivity contribution is 0.454. The highest BCUT2D eigenvalue weighted by Gasteiger charge is 2.03. The minimum absolute atomic E-state index is 1.01. The third-order valence-corrected chi connectivity index (χ3v) is 2.75. The summed E-state index contributed by atoms with van der Waals surface area (Å²) in [5, 5.41) is 0. The molecule has 0 unspecified atom stereocenters. The fraction of sp³-hybridized carbons (Fsp3) is 0.923. The number of rotatable bonds is 8. The molecule has 0 saturated carbocycles. The SMILES string of the molecule is CCCCCCN=C(CC)N(CC)CC. The van der Waals surface area contributed by atoms with Crippen molar-refractivity contribution in [1.82, 2.24) is 4.90 Å². The minimum atomic E-state index is 1.01. The van der Waals surface area contributed by atoms with Crippen molar-refractivity contribution in [2.24, 2.45) is 4.99 Å². The van der Waals surface area contributed by atoms with Crippen LogP contribution in [0.25, 0.3) is 0 Å². The summed E-state index contributed by atoms with van der Waals surface area (Å²) < 4.78 is 0. The average molecular weight is 212 g/mol. The Morgan fingerprint density at radius 3 is 2.07 bits per heavy atom. The molecule has 0 rings (SSSR count). The Morgan fingerprint density at radius 1 is 0.933 bits per heavy atom. The van der Waals surface area contributed by atoms with Crippen LogP contribution in [0.4, 0.5) is 0 Å². The Kier molecular flexibility index (Phi) is 9.65. The van der Waals surface area contributed by atoms with Crippen molar-refractivity contribution in [2.75, 3.05) is 19.6 Å². The summed E-state index contributed by atoms with van der Waals surface area (Å²) in [7, 11) is 0. The van der Waals surface area contributed by atoms with Gasteiger partial charge in [-0.1, -0.05) is 33.1 Å². The Hall–Kier alpha value is -0.530. The van der Waals surface area contributed by atoms with Crippen LogP contribution in [0.2, 0.25) is 0 Å². The second kappa shape index (κ2) is 10.0. The van der Waals surface area contributed by atoms with E-state index in [2.05, 4.69) is 32.6 Å². The molecule has 0 aliphatic heterocycles. The predicted molar refractivity (Wildman–Crippen MR) is 69.7 cm³/mol. The molecule has 0 fully saturated rings. The van der Waals surface area contributed by atoms with Gasteiger partial charge in [0.05, 0.1) is 5.84 Å². The van der Waals surface area contributed by atoms with Crippen LogP contribution in [-0.2, 0) is 0 Å². The van der Waals surface area contributed by atoms with Gasteiger partial charge in [-0.05, 0) is 20.3 Å². The first kappa shape index (κ1) is 14.5. The molecule has 15 heavy (non-hydrogen) atoms. The van der Waals surface area contributed by atoms with E-state index in [0.29, 0.717) is 0 Å². The van der Waals surface area contributed by atoms with Gasteiger partial charge < -0.3 is 4.90 Å². The monoisotopic (exact) mass is 212 g/mol. The molecule has 90 valence electrons. The van der Waals surface area contributed by atoms with Gasteiger partial charge in [0, 0.05) is 26.1 Å². The summed E-state index contributed by atoms with van der Waals surface area (Å²) in [6.45, 7) is 12.0. The van der Waals surface area contributed by atoms with E-state index in [1.165, 1.54) is 31.5 Å². The van der Waals surface area contributed by atoms with Crippen molar-refractivity contribution in [3.63, 3.8) is 0 Å². The van der Waals surface area contributed by atoms with Crippen molar-refractivity contribution >= 4 is 5.84 Å². The van der Waals surface area contributed by atoms with Gasteiger partial charge in [0.15, 0.2) is 0 Å². The summed E-state index contributed by atoms with van der Waals surface area (Å²) in [6.07, 6.45) is 6.30. The van der Waals surface area contributed by atoms with Gasteiger partial charge in [-0.15, -0.1) is 0 Å². The Bertz CT molecular complexity index is 160. The maximum absolute atomic E-state index is 4.70. The van der Waals surface area contributed by atoms with E-state index in [1.54, 1.807) is 0 Å². The molecular weight excluding hydrogens is 184 g/mol. The molecular formula is C13H28N2. The van der Waals surface area contributed by atoms with E-state index < -0.39 is 0 Å². The standard InChI is InChI=1S/C13H28N2/c1-5-9-10-11-12-14-13(6-2)15(7-3)8-4/h5-12H2,1-4H3. The molecule has 2 heteroatoms. The Labute approximate surface area is 95.8 Å². The molecule has 0 heterocycles. The van der Waals surface area contributed by atoms with E-state index in [0.717, 1.165) is 26.1 Å². The van der Waals surface area contributed by atoms with Gasteiger partial charge in [-0.25, -0.2) is 0 Å². The molecule has 0 spiro atoms. The maximum Gasteiger partial charge on any atom is 0.0985 e. The Balaban J connectivity index is 3.87. The minimum Gasteiger partial charge on any atom is -0.361 e. The lowest BCUT2D eigenvalue weighted by Gasteiger charge is -2.22. The van der Waals surface area contributed by atoms with E-state index in [1.807, 2.05) is 0 Å². The lowest BCUT2D eigenvalue weighted by atomic mass is 10.2. The molecule has 0 radical (unpaired) electrons. The van der Waals surface area contributed by atoms with Crippen LogP contribution >= 0.6 is 0 Å². The number of nitrogens with zero attached hydrogens (tertiary/aromatic N) is 2. The van der Waals surface area contributed by atoms with Gasteiger partial charge >= 0.3 is 0 Å². The van der Waals surface area contributed by atoms with Gasteiger partial charge in [-0.2, -0.15) is 0 Å². The molecule has 0 aromatic carbocycles. The fourth-order valence-electron chi connectivity index (χ4n) is 1.77. The van der Waals surface area contributed by atoms with E-state index in [4.69, 9.17) is 4.99 Å². The van der Waals surface area contributed by atoms with Gasteiger partial charge in [-0.3, -0.25) is 4.99 Å². The highest BCUT2D eigenvalue weighted by molar-refractivity contribution is 5.81. The number of hydrogen-bond donors (Lipinski definition) is 0. The molecule has 0 bridgehead atoms. The number of amidine groups is 1. The van der Waals surface area contributed by atoms with E-state index in [9.17, 15) is 0 Å². The lowest BCUT2D eigenvalue weighted by Crippen LogP contribution is -2.30. The van der Waals surface area contributed by atoms with Crippen molar-refractivity contribution in [1.29, 1.82) is 0 Å². The van der Waals surface area contributed by atoms with Crippen LogP contribution in [0, 0.1) is 0 Å². The second-order valence-corrected chi connectivity index (χ2v) is 3.88. The molecule has 0 aromatic rings. The van der Waals surface area contributed by atoms with Crippen LogP contribution in [0.3, 0.4) is 0 Å². The highest BCUT2D eigenvalue weighted by atomic mass is 15.2. The summed E-state index contributed by atoms with van der Waals surface area (Å²) in [5.41, 5.74) is 0. The topological polar surface area (TPSA) is 15.6 Å². The van der Waals surface area contributed by atoms with Gasteiger partial charge in [0.25, 0.3) is 0 Å². The molecule has 0 aromatic heterocycles. The smallest absolute Gasteiger partial charge is 0.0985 e. The first-order valence-electron chi connectivity index (χ1n) is 6.58. The quantitative estimate of drug-likeness (QED) is 0.340. The van der Waals surface area contributed by atoms with Gasteiger partial charge in [0.2, 0.25) is 0 Å². The zero-order chi connectivity index (χ0) is 11.5. The number of aliphatic imine (C=N–C) groups is 1. The summed E-state index contributed by atoms with van der Waals surface area (Å²) >= 11 is 0. The van der Waals surface area contributed by atoms with Crippen LogP contribution in [0.15, 0.2) is 4.99 Å². The van der Waals surface area contributed by atoms with Crippen LogP contribution in [0.5, 0.6) is 0 Å². The van der Waals surface area contributed by atoms with Crippen molar-refractivity contribution in [2.45, 2.75) is 59.8 Å². The molecule has 0 aliphatic rings. The largest absolute Gasteiger partial charge is 0.361 e. The summed E-state index contributed by atoms with van der Waals surface area (Å²) in [4.78, 5) is 7.06. The Morgan fingerprint density at radius 2 is 1.60 bits per heavy atom. The molecule has 0 saturated heterocycles. The zero-order valence-electron chi connectivity index (χ0n) is 11.1. The van der Waals surface area contributed by atoms with Crippen molar-refractivity contribution in [3.05, 3.63) is 0 Å². The van der Waals surface area contributed by atoms with Crippen LogP contribution in [0.1, 0.15) is 59.8 Å². The van der Waals surface area contributed by atoms with Crippen LogP contribution < -0.4 is 0 Å². The van der Waals surface area contributed by atoms with E-state index in [-0.39, 0.29) is 0 Å². The zero-order valence-corrected chi connectivity index (χ0v) is 11.1. The maximum atomic E-state index is 4.70. The highest BCUT2D eigenvalue weighted by Crippen LogP contribution is 2.01. The normalized spacial score (nSPS) is 11.9. The third-order valence-electron chi connectivity index (χ3n) is 2.75. The van der Waals surface area contributed by atoms with E-state index >= 15 is 0 Å². The first-order valence-corrected chi connectivity index (χ1v) is 6.58. The molecule has 0 atom stereocenters. The van der Waals surface area contributed by atoms with Gasteiger partial charge in [0.1, 0.15) is 0 Å². The number of unbranched alkanes of at least 4 members (excludes halogenated alkanes) is 3. The first-order chi connectivity index (χ1) is 7.29. The summed E-state index contributed by atoms with van der Waals surface area (Å²) in [6, 6.07) is 0. The third kappa shape index (κ3) is 6.53. The number of hydrogen-bond acceptors (Lipinski definition) is 1. The predicted octanol–water partition coefficient (Wildman–Crippen LogP) is 3.72. The molecule has 0 aliphatic carbocycles. The second-order valence-electron chi connectivity index (χ2n) is 3.88. The molecule has 0 amide bonds. The molecule has 2 nitrogen and oxygen atoms in total. The van der Waals surface area contributed by atoms with Crippen LogP contribution in [-0.4, -0.2) is 30.4 Å². The fourth-order valence-corrected chi connectivity index (χ4v) is 1.77. The molecule has 0 N–H and O–H groups in total.